The molecule has 1 aromatic heterocycles. The van der Waals surface area contributed by atoms with Gasteiger partial charge in [-0.05, 0) is 24.4 Å². The fourth-order valence-electron chi connectivity index (χ4n) is 2.13. The number of para-hydroxylation sites is 1. The molecule has 1 heterocycles. The minimum Gasteiger partial charge on any atom is -0.395 e. The number of benzene rings is 1. The summed E-state index contributed by atoms with van der Waals surface area (Å²) in [5.41, 5.74) is 1.75. The van der Waals surface area contributed by atoms with E-state index in [-0.39, 0.29) is 12.2 Å². The van der Waals surface area contributed by atoms with Gasteiger partial charge in [0.15, 0.2) is 0 Å². The lowest BCUT2D eigenvalue weighted by molar-refractivity contribution is 0.292. The first-order valence-corrected chi connectivity index (χ1v) is 6.21. The SMILES string of the molecule is CCn1c(=O)c(CNCCO)cc2ccccc21. The number of aryl methyl sites for hydroxylation is 1. The molecule has 0 atom stereocenters. The third-order valence-corrected chi connectivity index (χ3v) is 3.00. The second kappa shape index (κ2) is 5.80. The average Bonchev–Trinajstić information content (AvgIpc) is 2.40. The van der Waals surface area contributed by atoms with Gasteiger partial charge in [-0.15, -0.1) is 0 Å². The van der Waals surface area contributed by atoms with Gasteiger partial charge in [-0.1, -0.05) is 18.2 Å². The summed E-state index contributed by atoms with van der Waals surface area (Å²) in [6, 6.07) is 9.81. The Hall–Kier alpha value is -1.65. The monoisotopic (exact) mass is 246 g/mol. The molecule has 0 saturated carbocycles. The van der Waals surface area contributed by atoms with E-state index in [1.807, 2.05) is 37.3 Å². The average molecular weight is 246 g/mol. The fraction of sp³-hybridized carbons (Fsp3) is 0.357. The van der Waals surface area contributed by atoms with E-state index in [4.69, 9.17) is 5.11 Å². The van der Waals surface area contributed by atoms with Crippen molar-refractivity contribution in [1.29, 1.82) is 0 Å². The van der Waals surface area contributed by atoms with Crippen molar-refractivity contribution in [2.45, 2.75) is 20.0 Å². The lowest BCUT2D eigenvalue weighted by atomic mass is 10.1. The van der Waals surface area contributed by atoms with Crippen molar-refractivity contribution in [3.63, 3.8) is 0 Å². The smallest absolute Gasteiger partial charge is 0.255 e. The molecule has 0 fully saturated rings. The highest BCUT2D eigenvalue weighted by molar-refractivity contribution is 5.79. The molecule has 4 nitrogen and oxygen atoms in total. The van der Waals surface area contributed by atoms with Crippen LogP contribution >= 0.6 is 0 Å². The first-order valence-electron chi connectivity index (χ1n) is 6.21. The predicted molar refractivity (Wildman–Crippen MR) is 72.7 cm³/mol. The van der Waals surface area contributed by atoms with Crippen LogP contribution in [0.3, 0.4) is 0 Å². The number of pyridine rings is 1. The minimum atomic E-state index is 0.0432. The number of rotatable bonds is 5. The molecule has 2 rings (SSSR count). The third kappa shape index (κ3) is 2.44. The molecular weight excluding hydrogens is 228 g/mol. The Bertz CT molecular complexity index is 590. The molecule has 18 heavy (non-hydrogen) atoms. The van der Waals surface area contributed by atoms with E-state index in [0.29, 0.717) is 19.6 Å². The molecule has 0 unspecified atom stereocenters. The van der Waals surface area contributed by atoms with Crippen LogP contribution in [-0.4, -0.2) is 22.8 Å². The lowest BCUT2D eigenvalue weighted by Crippen LogP contribution is -2.28. The van der Waals surface area contributed by atoms with Crippen molar-refractivity contribution in [1.82, 2.24) is 9.88 Å². The van der Waals surface area contributed by atoms with Crippen molar-refractivity contribution in [2.75, 3.05) is 13.2 Å². The summed E-state index contributed by atoms with van der Waals surface area (Å²) in [4.78, 5) is 12.3. The van der Waals surface area contributed by atoms with Gasteiger partial charge in [0.1, 0.15) is 0 Å². The van der Waals surface area contributed by atoms with Crippen molar-refractivity contribution < 1.29 is 5.11 Å². The molecule has 2 aromatic rings. The van der Waals surface area contributed by atoms with Crippen LogP contribution in [0.4, 0.5) is 0 Å². The number of aromatic nitrogens is 1. The maximum Gasteiger partial charge on any atom is 0.255 e. The van der Waals surface area contributed by atoms with Crippen LogP contribution in [0.2, 0.25) is 0 Å². The summed E-state index contributed by atoms with van der Waals surface area (Å²) in [5.74, 6) is 0. The normalized spacial score (nSPS) is 11.0. The molecule has 0 aliphatic heterocycles. The molecule has 4 heteroatoms. The van der Waals surface area contributed by atoms with E-state index < -0.39 is 0 Å². The second-order valence-electron chi connectivity index (χ2n) is 4.18. The summed E-state index contributed by atoms with van der Waals surface area (Å²) in [6.45, 7) is 3.70. The fourth-order valence-corrected chi connectivity index (χ4v) is 2.13. The van der Waals surface area contributed by atoms with E-state index in [1.54, 1.807) is 4.57 Å². The lowest BCUT2D eigenvalue weighted by Gasteiger charge is -2.11. The summed E-state index contributed by atoms with van der Waals surface area (Å²) in [7, 11) is 0. The van der Waals surface area contributed by atoms with Crippen molar-refractivity contribution in [2.24, 2.45) is 0 Å². The molecule has 0 amide bonds. The number of hydrogen-bond acceptors (Lipinski definition) is 3. The molecule has 0 spiro atoms. The van der Waals surface area contributed by atoms with Crippen LogP contribution in [0.15, 0.2) is 35.1 Å². The predicted octanol–water partition coefficient (Wildman–Crippen LogP) is 1.10. The van der Waals surface area contributed by atoms with Gasteiger partial charge in [0.25, 0.3) is 5.56 Å². The molecule has 0 aliphatic carbocycles. The molecule has 0 aliphatic rings. The van der Waals surface area contributed by atoms with Gasteiger partial charge in [-0.25, -0.2) is 0 Å². The van der Waals surface area contributed by atoms with Gasteiger partial charge < -0.3 is 15.0 Å². The number of aliphatic hydroxyl groups is 1. The van der Waals surface area contributed by atoms with Crippen LogP contribution in [-0.2, 0) is 13.1 Å². The molecule has 0 radical (unpaired) electrons. The third-order valence-electron chi connectivity index (χ3n) is 3.00. The first kappa shape index (κ1) is 12.8. The number of nitrogens with zero attached hydrogens (tertiary/aromatic N) is 1. The number of hydrogen-bond donors (Lipinski definition) is 2. The molecule has 0 saturated heterocycles. The summed E-state index contributed by atoms with van der Waals surface area (Å²) in [5, 5.41) is 12.9. The Labute approximate surface area is 106 Å². The van der Waals surface area contributed by atoms with Crippen LogP contribution in [0.25, 0.3) is 10.9 Å². The van der Waals surface area contributed by atoms with Crippen molar-refractivity contribution >= 4 is 10.9 Å². The van der Waals surface area contributed by atoms with Crippen LogP contribution in [0, 0.1) is 0 Å². The molecule has 0 bridgehead atoms. The van der Waals surface area contributed by atoms with Gasteiger partial charge in [-0.3, -0.25) is 4.79 Å². The zero-order valence-electron chi connectivity index (χ0n) is 10.5. The zero-order valence-corrected chi connectivity index (χ0v) is 10.5. The van der Waals surface area contributed by atoms with Crippen LogP contribution in [0.5, 0.6) is 0 Å². The van der Waals surface area contributed by atoms with Gasteiger partial charge >= 0.3 is 0 Å². The van der Waals surface area contributed by atoms with Crippen molar-refractivity contribution in [3.8, 4) is 0 Å². The van der Waals surface area contributed by atoms with E-state index in [9.17, 15) is 4.79 Å². The summed E-state index contributed by atoms with van der Waals surface area (Å²) in [6.07, 6.45) is 0. The van der Waals surface area contributed by atoms with E-state index in [2.05, 4.69) is 5.32 Å². The second-order valence-corrected chi connectivity index (χ2v) is 4.18. The van der Waals surface area contributed by atoms with Gasteiger partial charge in [0, 0.05) is 25.2 Å². The van der Waals surface area contributed by atoms with Gasteiger partial charge in [0.2, 0.25) is 0 Å². The Morgan fingerprint density at radius 1 is 1.33 bits per heavy atom. The first-order chi connectivity index (χ1) is 8.77. The Morgan fingerprint density at radius 2 is 2.11 bits per heavy atom. The van der Waals surface area contributed by atoms with Crippen LogP contribution in [0.1, 0.15) is 12.5 Å². The maximum atomic E-state index is 12.3. The highest BCUT2D eigenvalue weighted by Crippen LogP contribution is 2.13. The molecular formula is C14H18N2O2. The number of fused-ring (bicyclic) bond motifs is 1. The van der Waals surface area contributed by atoms with Gasteiger partial charge in [0.05, 0.1) is 12.1 Å². The Balaban J connectivity index is 2.48. The summed E-state index contributed by atoms with van der Waals surface area (Å²) < 4.78 is 1.78. The Kier molecular flexibility index (Phi) is 4.12. The summed E-state index contributed by atoms with van der Waals surface area (Å²) >= 11 is 0. The highest BCUT2D eigenvalue weighted by atomic mass is 16.3. The number of nitrogens with one attached hydrogen (secondary N) is 1. The standard InChI is InChI=1S/C14H18N2O2/c1-2-16-13-6-4-3-5-11(13)9-12(14(16)18)10-15-7-8-17/h3-6,9,15,17H,2,7-8,10H2,1H3. The molecule has 1 aromatic carbocycles. The molecule has 2 N–H and O–H groups in total. The van der Waals surface area contributed by atoms with Crippen molar-refractivity contribution in [3.05, 3.63) is 46.2 Å². The zero-order chi connectivity index (χ0) is 13.0. The largest absolute Gasteiger partial charge is 0.395 e. The van der Waals surface area contributed by atoms with Gasteiger partial charge in [-0.2, -0.15) is 0 Å². The van der Waals surface area contributed by atoms with E-state index in [0.717, 1.165) is 16.5 Å². The Morgan fingerprint density at radius 3 is 2.83 bits per heavy atom. The van der Waals surface area contributed by atoms with E-state index >= 15 is 0 Å². The quantitative estimate of drug-likeness (QED) is 0.777. The number of aliphatic hydroxyl groups excluding tert-OH is 1. The van der Waals surface area contributed by atoms with E-state index in [1.165, 1.54) is 0 Å². The minimum absolute atomic E-state index is 0.0432. The van der Waals surface area contributed by atoms with Crippen LogP contribution < -0.4 is 10.9 Å². The maximum absolute atomic E-state index is 12.3. The molecule has 96 valence electrons. The highest BCUT2D eigenvalue weighted by Gasteiger charge is 2.07. The topological polar surface area (TPSA) is 54.3 Å².